The average Bonchev–Trinajstić information content (AvgIpc) is 2.78. The molecule has 0 saturated carbocycles. The highest BCUT2D eigenvalue weighted by Gasteiger charge is 2.43. The van der Waals surface area contributed by atoms with Gasteiger partial charge in [0, 0.05) is 30.4 Å². The van der Waals surface area contributed by atoms with Crippen molar-refractivity contribution in [3.8, 4) is 17.2 Å². The zero-order chi connectivity index (χ0) is 25.4. The van der Waals surface area contributed by atoms with Gasteiger partial charge in [-0.1, -0.05) is 6.07 Å². The number of aromatic hydroxyl groups is 1. The summed E-state index contributed by atoms with van der Waals surface area (Å²) >= 11 is 0. The molecule has 4 rings (SSSR count). The lowest BCUT2D eigenvalue weighted by Gasteiger charge is -2.39. The fourth-order valence-electron chi connectivity index (χ4n) is 3.70. The predicted octanol–water partition coefficient (Wildman–Crippen LogP) is 4.95. The van der Waals surface area contributed by atoms with Gasteiger partial charge in [0.15, 0.2) is 29.0 Å². The van der Waals surface area contributed by atoms with Crippen LogP contribution in [0.4, 0.5) is 36.8 Å². The van der Waals surface area contributed by atoms with Gasteiger partial charge < -0.3 is 25.2 Å². The van der Waals surface area contributed by atoms with E-state index in [1.807, 2.05) is 0 Å². The van der Waals surface area contributed by atoms with Crippen LogP contribution in [0.25, 0.3) is 0 Å². The Kier molecular flexibility index (Phi) is 6.09. The molecule has 13 heteroatoms. The number of alkyl halides is 3. The molecule has 1 aliphatic heterocycles. The maximum atomic E-state index is 14.6. The molecule has 0 radical (unpaired) electrons. The number of hydrogen-bond acceptors (Lipinski definition) is 5. The number of phenolic OH excluding ortho intramolecular Hbond substituents is 1. The zero-order valence-corrected chi connectivity index (χ0v) is 17.4. The minimum Gasteiger partial charge on any atom is -0.503 e. The van der Waals surface area contributed by atoms with Gasteiger partial charge in [-0.05, 0) is 29.8 Å². The lowest BCUT2D eigenvalue weighted by Crippen LogP contribution is -2.51. The normalized spacial score (nSPS) is 17.2. The number of halogens is 6. The Labute approximate surface area is 193 Å². The monoisotopic (exact) mass is 499 g/mol. The van der Waals surface area contributed by atoms with E-state index in [9.17, 15) is 36.2 Å². The summed E-state index contributed by atoms with van der Waals surface area (Å²) in [5.74, 6) is -6.09. The van der Waals surface area contributed by atoms with E-state index in [4.69, 9.17) is 4.74 Å². The summed E-state index contributed by atoms with van der Waals surface area (Å²) in [7, 11) is 0. The second kappa shape index (κ2) is 8.89. The summed E-state index contributed by atoms with van der Waals surface area (Å²) in [5, 5.41) is 14.0. The van der Waals surface area contributed by atoms with E-state index < -0.39 is 46.9 Å². The van der Waals surface area contributed by atoms with Crippen molar-refractivity contribution < 1.29 is 45.7 Å². The summed E-state index contributed by atoms with van der Waals surface area (Å²) < 4.78 is 88.8. The Morgan fingerprint density at radius 3 is 2.46 bits per heavy atom. The number of nitrogens with zero attached hydrogens (tertiary/aromatic N) is 1. The number of urea groups is 1. The molecule has 2 amide bonds. The van der Waals surface area contributed by atoms with Crippen molar-refractivity contribution in [3.05, 3.63) is 77.4 Å². The summed E-state index contributed by atoms with van der Waals surface area (Å²) in [4.78, 5) is 17.1. The summed E-state index contributed by atoms with van der Waals surface area (Å²) in [5.41, 5.74) is -1.83. The number of carbonyl (C=O) groups is 1. The molecule has 0 fully saturated rings. The fourth-order valence-corrected chi connectivity index (χ4v) is 3.70. The number of carbonyl (C=O) groups excluding carboxylic acids is 1. The summed E-state index contributed by atoms with van der Waals surface area (Å²) in [6.07, 6.45) is -3.79. The maximum absolute atomic E-state index is 14.6. The van der Waals surface area contributed by atoms with Crippen molar-refractivity contribution in [1.82, 2.24) is 10.3 Å². The van der Waals surface area contributed by atoms with Crippen molar-refractivity contribution in [1.29, 1.82) is 0 Å². The molecule has 0 aliphatic carbocycles. The van der Waals surface area contributed by atoms with Gasteiger partial charge in [0.25, 0.3) is 0 Å². The van der Waals surface area contributed by atoms with Gasteiger partial charge in [-0.15, -0.1) is 13.2 Å². The van der Waals surface area contributed by atoms with Crippen LogP contribution in [0.5, 0.6) is 17.2 Å². The smallest absolute Gasteiger partial charge is 0.503 e. The highest BCUT2D eigenvalue weighted by atomic mass is 19.4. The van der Waals surface area contributed by atoms with Crippen LogP contribution in [-0.4, -0.2) is 29.1 Å². The number of hydrogen-bond donors (Lipinski definition) is 3. The number of pyridine rings is 1. The van der Waals surface area contributed by atoms with Gasteiger partial charge in [-0.25, -0.2) is 18.0 Å². The third-order valence-electron chi connectivity index (χ3n) is 5.16. The number of nitrogens with one attached hydrogen (secondary N) is 2. The number of rotatable bonds is 4. The quantitative estimate of drug-likeness (QED) is 0.349. The molecule has 2 aromatic carbocycles. The number of benzene rings is 2. The predicted molar refractivity (Wildman–Crippen MR) is 108 cm³/mol. The second-order valence-electron chi connectivity index (χ2n) is 7.41. The van der Waals surface area contributed by atoms with E-state index in [0.29, 0.717) is 12.1 Å². The molecule has 0 spiro atoms. The van der Waals surface area contributed by atoms with Crippen molar-refractivity contribution in [2.24, 2.45) is 0 Å². The van der Waals surface area contributed by atoms with Crippen molar-refractivity contribution in [3.63, 3.8) is 0 Å². The number of phenols is 1. The Morgan fingerprint density at radius 1 is 1.09 bits per heavy atom. The molecule has 0 bridgehead atoms. The van der Waals surface area contributed by atoms with Crippen LogP contribution in [0.1, 0.15) is 17.7 Å². The Morgan fingerprint density at radius 2 is 1.80 bits per heavy atom. The van der Waals surface area contributed by atoms with Crippen LogP contribution in [0.15, 0.2) is 48.7 Å². The standard InChI is InChI=1S/C22H15F6N3O4/c23-13-8-11(3-4-16(13)35-22(26,27)28)21(5-7-34-17-2-1-6-29-19(17)21)31-20(33)30-12-9-14(24)18(32)15(25)10-12/h1-4,6,8-10,32H,5,7H2,(H2,30,31,33). The summed E-state index contributed by atoms with van der Waals surface area (Å²) in [6.45, 7) is 0.00383. The van der Waals surface area contributed by atoms with E-state index >= 15 is 0 Å². The fraction of sp³-hybridized carbons (Fsp3) is 0.182. The zero-order valence-electron chi connectivity index (χ0n) is 17.4. The molecule has 0 saturated heterocycles. The molecule has 1 unspecified atom stereocenters. The number of anilines is 1. The van der Waals surface area contributed by atoms with Crippen LogP contribution in [0.3, 0.4) is 0 Å². The van der Waals surface area contributed by atoms with Gasteiger partial charge in [-0.2, -0.15) is 0 Å². The van der Waals surface area contributed by atoms with Gasteiger partial charge in [0.1, 0.15) is 17.0 Å². The Bertz CT molecular complexity index is 1260. The van der Waals surface area contributed by atoms with Gasteiger partial charge in [0.05, 0.1) is 6.61 Å². The van der Waals surface area contributed by atoms with Gasteiger partial charge in [0.2, 0.25) is 0 Å². The largest absolute Gasteiger partial charge is 0.573 e. The third kappa shape index (κ3) is 4.88. The average molecular weight is 499 g/mol. The number of fused-ring (bicyclic) bond motifs is 1. The first kappa shape index (κ1) is 24.0. The number of ether oxygens (including phenoxy) is 2. The topological polar surface area (TPSA) is 92.7 Å². The van der Waals surface area contributed by atoms with Crippen LogP contribution in [0.2, 0.25) is 0 Å². The molecule has 1 aromatic heterocycles. The minimum absolute atomic E-state index is 0.00383. The van der Waals surface area contributed by atoms with Crippen molar-refractivity contribution in [2.45, 2.75) is 18.3 Å². The first-order valence-electron chi connectivity index (χ1n) is 9.90. The Hall–Kier alpha value is -4.16. The minimum atomic E-state index is -5.13. The van der Waals surface area contributed by atoms with Crippen molar-refractivity contribution in [2.75, 3.05) is 11.9 Å². The molecule has 1 atom stereocenters. The van der Waals surface area contributed by atoms with Gasteiger partial charge >= 0.3 is 12.4 Å². The first-order valence-corrected chi connectivity index (χ1v) is 9.90. The van der Waals surface area contributed by atoms with Crippen LogP contribution >= 0.6 is 0 Å². The van der Waals surface area contributed by atoms with E-state index in [0.717, 1.165) is 18.2 Å². The molecular formula is C22H15F6N3O4. The highest BCUT2D eigenvalue weighted by Crippen LogP contribution is 2.42. The lowest BCUT2D eigenvalue weighted by molar-refractivity contribution is -0.275. The molecule has 3 N–H and O–H groups in total. The van der Waals surface area contributed by atoms with Gasteiger partial charge in [-0.3, -0.25) is 4.98 Å². The van der Waals surface area contributed by atoms with Crippen LogP contribution < -0.4 is 20.1 Å². The van der Waals surface area contributed by atoms with E-state index in [2.05, 4.69) is 20.4 Å². The van der Waals surface area contributed by atoms with E-state index in [1.165, 1.54) is 18.3 Å². The molecule has 2 heterocycles. The van der Waals surface area contributed by atoms with Crippen LogP contribution in [0, 0.1) is 17.5 Å². The molecule has 35 heavy (non-hydrogen) atoms. The summed E-state index contributed by atoms with van der Waals surface area (Å²) in [6, 6.07) is 6.02. The molecule has 7 nitrogen and oxygen atoms in total. The second-order valence-corrected chi connectivity index (χ2v) is 7.41. The molecule has 184 valence electrons. The lowest BCUT2D eigenvalue weighted by atomic mass is 9.81. The SMILES string of the molecule is O=C(Nc1cc(F)c(O)c(F)c1)NC1(c2ccc(OC(F)(F)F)c(F)c2)CCOc2cccnc21. The van der Waals surface area contributed by atoms with Crippen molar-refractivity contribution >= 4 is 11.7 Å². The third-order valence-corrected chi connectivity index (χ3v) is 5.16. The Balaban J connectivity index is 1.73. The first-order chi connectivity index (χ1) is 16.5. The highest BCUT2D eigenvalue weighted by molar-refractivity contribution is 5.90. The molecular weight excluding hydrogens is 484 g/mol. The maximum Gasteiger partial charge on any atom is 0.573 e. The van der Waals surface area contributed by atoms with Crippen LogP contribution in [-0.2, 0) is 5.54 Å². The molecule has 3 aromatic rings. The number of amides is 2. The van der Waals surface area contributed by atoms with E-state index in [-0.39, 0.29) is 35.7 Å². The number of aromatic nitrogens is 1. The van der Waals surface area contributed by atoms with E-state index in [1.54, 1.807) is 0 Å². The molecule has 1 aliphatic rings.